The van der Waals surface area contributed by atoms with Crippen LogP contribution in [-0.4, -0.2) is 21.4 Å². The molecule has 12 heavy (non-hydrogen) atoms. The van der Waals surface area contributed by atoms with E-state index in [2.05, 4.69) is 0 Å². The van der Waals surface area contributed by atoms with Crippen LogP contribution in [0.3, 0.4) is 0 Å². The van der Waals surface area contributed by atoms with Crippen LogP contribution in [0.25, 0.3) is 0 Å². The Balaban J connectivity index is 3.82. The molecule has 0 fully saturated rings. The van der Waals surface area contributed by atoms with Gasteiger partial charge in [0.05, 0.1) is 11.2 Å². The first-order valence-corrected chi connectivity index (χ1v) is 4.78. The fourth-order valence-corrected chi connectivity index (χ4v) is 0.892. The quantitative estimate of drug-likeness (QED) is 0.670. The maximum atomic E-state index is 9.67. The van der Waals surface area contributed by atoms with Gasteiger partial charge in [0.2, 0.25) is 0 Å². The van der Waals surface area contributed by atoms with E-state index in [0.717, 1.165) is 12.8 Å². The maximum Gasteiger partial charge on any atom is 0.0618 e. The summed E-state index contributed by atoms with van der Waals surface area (Å²) in [5, 5.41) is 19.3. The first kappa shape index (κ1) is 11.9. The summed E-state index contributed by atoms with van der Waals surface area (Å²) in [6.45, 7) is 7.55. The first-order chi connectivity index (χ1) is 5.33. The topological polar surface area (TPSA) is 40.5 Å². The molecule has 0 saturated carbocycles. The van der Waals surface area contributed by atoms with Crippen LogP contribution in [0.1, 0.15) is 53.4 Å². The van der Waals surface area contributed by atoms with Crippen LogP contribution in [0.5, 0.6) is 0 Å². The van der Waals surface area contributed by atoms with Gasteiger partial charge in [-0.25, -0.2) is 0 Å². The van der Waals surface area contributed by atoms with Crippen LogP contribution in [0.15, 0.2) is 0 Å². The van der Waals surface area contributed by atoms with E-state index >= 15 is 0 Å². The molecule has 0 aliphatic heterocycles. The molecule has 0 saturated heterocycles. The molecule has 0 bridgehead atoms. The summed E-state index contributed by atoms with van der Waals surface area (Å²) in [6.07, 6.45) is 2.83. The Morgan fingerprint density at radius 3 is 1.25 bits per heavy atom. The van der Waals surface area contributed by atoms with Gasteiger partial charge in [0.15, 0.2) is 0 Å². The molecule has 2 unspecified atom stereocenters. The van der Waals surface area contributed by atoms with Crippen molar-refractivity contribution in [3.63, 3.8) is 0 Å². The number of hydrogen-bond acceptors (Lipinski definition) is 2. The summed E-state index contributed by atoms with van der Waals surface area (Å²) < 4.78 is 0. The van der Waals surface area contributed by atoms with E-state index < -0.39 is 11.2 Å². The fraction of sp³-hybridized carbons (Fsp3) is 1.00. The van der Waals surface area contributed by atoms with E-state index in [1.807, 2.05) is 27.7 Å². The third-order valence-electron chi connectivity index (χ3n) is 2.73. The van der Waals surface area contributed by atoms with E-state index in [1.54, 1.807) is 0 Å². The molecule has 0 aromatic rings. The first-order valence-electron chi connectivity index (χ1n) is 4.78. The summed E-state index contributed by atoms with van der Waals surface area (Å²) in [5.74, 6) is 0. The molecule has 0 aliphatic rings. The van der Waals surface area contributed by atoms with E-state index in [4.69, 9.17) is 0 Å². The summed E-state index contributed by atoms with van der Waals surface area (Å²) >= 11 is 0. The summed E-state index contributed by atoms with van der Waals surface area (Å²) in [6, 6.07) is 0. The lowest BCUT2D eigenvalue weighted by molar-refractivity contribution is -0.00613. The van der Waals surface area contributed by atoms with E-state index in [-0.39, 0.29) is 0 Å². The molecule has 2 N–H and O–H groups in total. The van der Waals surface area contributed by atoms with Crippen molar-refractivity contribution in [3.8, 4) is 0 Å². The lowest BCUT2D eigenvalue weighted by Crippen LogP contribution is -2.30. The molecule has 2 heteroatoms. The SMILES string of the molecule is CCC(C)(O)CCC(C)(O)CC. The average Bonchev–Trinajstić information content (AvgIpc) is 2.02. The standard InChI is InChI=1S/C10H22O2/c1-5-9(3,11)7-8-10(4,12)6-2/h11-12H,5-8H2,1-4H3. The average molecular weight is 174 g/mol. The molecule has 0 spiro atoms. The Morgan fingerprint density at radius 2 is 1.08 bits per heavy atom. The highest BCUT2D eigenvalue weighted by Gasteiger charge is 2.24. The Labute approximate surface area is 75.6 Å². The van der Waals surface area contributed by atoms with Crippen molar-refractivity contribution in [1.82, 2.24) is 0 Å². The number of rotatable bonds is 5. The van der Waals surface area contributed by atoms with E-state index in [0.29, 0.717) is 12.8 Å². The Hall–Kier alpha value is -0.0800. The second kappa shape index (κ2) is 4.24. The molecule has 0 aromatic heterocycles. The van der Waals surface area contributed by atoms with Crippen LogP contribution >= 0.6 is 0 Å². The monoisotopic (exact) mass is 174 g/mol. The lowest BCUT2D eigenvalue weighted by atomic mass is 9.89. The van der Waals surface area contributed by atoms with Gasteiger partial charge >= 0.3 is 0 Å². The zero-order valence-electron chi connectivity index (χ0n) is 8.72. The van der Waals surface area contributed by atoms with E-state index in [1.165, 1.54) is 0 Å². The molecule has 2 atom stereocenters. The van der Waals surface area contributed by atoms with Crippen molar-refractivity contribution in [3.05, 3.63) is 0 Å². The van der Waals surface area contributed by atoms with Crippen molar-refractivity contribution >= 4 is 0 Å². The predicted molar refractivity (Wildman–Crippen MR) is 51.1 cm³/mol. The van der Waals surface area contributed by atoms with Crippen molar-refractivity contribution in [2.24, 2.45) is 0 Å². The van der Waals surface area contributed by atoms with Gasteiger partial charge in [0.25, 0.3) is 0 Å². The second-order valence-electron chi connectivity index (χ2n) is 4.20. The zero-order chi connectivity index (χ0) is 9.83. The van der Waals surface area contributed by atoms with Crippen molar-refractivity contribution in [2.75, 3.05) is 0 Å². The molecule has 0 amide bonds. The van der Waals surface area contributed by atoms with Crippen molar-refractivity contribution in [1.29, 1.82) is 0 Å². The van der Waals surface area contributed by atoms with Gasteiger partial charge in [-0.05, 0) is 39.5 Å². The molecule has 0 aliphatic carbocycles. The number of hydrogen-bond donors (Lipinski definition) is 2. The summed E-state index contributed by atoms with van der Waals surface area (Å²) in [4.78, 5) is 0. The highest BCUT2D eigenvalue weighted by molar-refractivity contribution is 4.77. The van der Waals surface area contributed by atoms with Gasteiger partial charge in [-0.1, -0.05) is 13.8 Å². The summed E-state index contributed by atoms with van der Waals surface area (Å²) in [7, 11) is 0. The smallest absolute Gasteiger partial charge is 0.0618 e. The maximum absolute atomic E-state index is 9.67. The van der Waals surface area contributed by atoms with Crippen LogP contribution < -0.4 is 0 Å². The summed E-state index contributed by atoms with van der Waals surface area (Å²) in [5.41, 5.74) is -1.22. The number of aliphatic hydroxyl groups is 2. The lowest BCUT2D eigenvalue weighted by Gasteiger charge is -2.27. The second-order valence-corrected chi connectivity index (χ2v) is 4.20. The van der Waals surface area contributed by atoms with Crippen molar-refractivity contribution < 1.29 is 10.2 Å². The van der Waals surface area contributed by atoms with Gasteiger partial charge in [0, 0.05) is 0 Å². The largest absolute Gasteiger partial charge is 0.390 e. The Morgan fingerprint density at radius 1 is 0.833 bits per heavy atom. The fourth-order valence-electron chi connectivity index (χ4n) is 0.892. The van der Waals surface area contributed by atoms with Gasteiger partial charge in [0.1, 0.15) is 0 Å². The van der Waals surface area contributed by atoms with E-state index in [9.17, 15) is 10.2 Å². The third kappa shape index (κ3) is 4.73. The highest BCUT2D eigenvalue weighted by Crippen LogP contribution is 2.23. The molecule has 74 valence electrons. The molecular formula is C10H22O2. The van der Waals surface area contributed by atoms with Gasteiger partial charge in [-0.15, -0.1) is 0 Å². The third-order valence-corrected chi connectivity index (χ3v) is 2.73. The van der Waals surface area contributed by atoms with Crippen LogP contribution in [0, 0.1) is 0 Å². The van der Waals surface area contributed by atoms with Crippen molar-refractivity contribution in [2.45, 2.75) is 64.6 Å². The molecular weight excluding hydrogens is 152 g/mol. The molecule has 0 rings (SSSR count). The molecule has 0 radical (unpaired) electrons. The Kier molecular flexibility index (Phi) is 4.21. The zero-order valence-corrected chi connectivity index (χ0v) is 8.72. The predicted octanol–water partition coefficient (Wildman–Crippen LogP) is 2.09. The van der Waals surface area contributed by atoms with Crippen LogP contribution in [0.4, 0.5) is 0 Å². The minimum Gasteiger partial charge on any atom is -0.390 e. The van der Waals surface area contributed by atoms with Crippen LogP contribution in [-0.2, 0) is 0 Å². The molecule has 2 nitrogen and oxygen atoms in total. The minimum absolute atomic E-state index is 0.612. The van der Waals surface area contributed by atoms with Crippen LogP contribution in [0.2, 0.25) is 0 Å². The minimum atomic E-state index is -0.612. The Bertz CT molecular complexity index is 112. The molecule has 0 aromatic carbocycles. The van der Waals surface area contributed by atoms with Gasteiger partial charge in [-0.3, -0.25) is 0 Å². The normalized spacial score (nSPS) is 21.5. The highest BCUT2D eigenvalue weighted by atomic mass is 16.3. The van der Waals surface area contributed by atoms with Gasteiger partial charge < -0.3 is 10.2 Å². The van der Waals surface area contributed by atoms with Gasteiger partial charge in [-0.2, -0.15) is 0 Å². The molecule has 0 heterocycles.